The molecule has 1 heterocycles. The van der Waals surface area contributed by atoms with Crippen LogP contribution in [0.15, 0.2) is 4.99 Å². The Morgan fingerprint density at radius 2 is 1.79 bits per heavy atom. The fourth-order valence-electron chi connectivity index (χ4n) is 2.90. The zero-order chi connectivity index (χ0) is 17.6. The molecule has 0 radical (unpaired) electrons. The van der Waals surface area contributed by atoms with Gasteiger partial charge in [-0.2, -0.15) is 0 Å². The summed E-state index contributed by atoms with van der Waals surface area (Å²) in [5, 5.41) is 6.70. The molecule has 1 aliphatic rings. The van der Waals surface area contributed by atoms with Crippen LogP contribution in [0.25, 0.3) is 0 Å². The highest BCUT2D eigenvalue weighted by molar-refractivity contribution is 5.79. The number of esters is 1. The summed E-state index contributed by atoms with van der Waals surface area (Å²) >= 11 is 0. The number of piperidine rings is 1. The van der Waals surface area contributed by atoms with Crippen LogP contribution in [-0.4, -0.2) is 63.7 Å². The lowest BCUT2D eigenvalue weighted by Gasteiger charge is -2.30. The summed E-state index contributed by atoms with van der Waals surface area (Å²) in [6.45, 7) is 7.85. The Hall–Kier alpha value is -1.30. The third kappa shape index (κ3) is 9.75. The minimum atomic E-state index is -0.122. The Balaban J connectivity index is 1.97. The Morgan fingerprint density at radius 3 is 2.42 bits per heavy atom. The molecule has 0 atom stereocenters. The molecule has 1 aliphatic heterocycles. The zero-order valence-corrected chi connectivity index (χ0v) is 15.8. The van der Waals surface area contributed by atoms with Crippen molar-refractivity contribution in [1.29, 1.82) is 0 Å². The first-order valence-corrected chi connectivity index (χ1v) is 9.39. The first-order chi connectivity index (χ1) is 11.7. The Morgan fingerprint density at radius 1 is 1.12 bits per heavy atom. The number of likely N-dealkylation sites (tertiary alicyclic amines) is 1. The lowest BCUT2D eigenvalue weighted by atomic mass is 9.99. The van der Waals surface area contributed by atoms with Crippen LogP contribution in [0.1, 0.15) is 51.9 Å². The summed E-state index contributed by atoms with van der Waals surface area (Å²) in [6, 6.07) is 0. The van der Waals surface area contributed by atoms with E-state index in [4.69, 9.17) is 0 Å². The van der Waals surface area contributed by atoms with E-state index in [1.165, 1.54) is 39.6 Å². The van der Waals surface area contributed by atoms with Gasteiger partial charge in [-0.1, -0.05) is 13.3 Å². The average Bonchev–Trinajstić information content (AvgIpc) is 2.60. The molecule has 0 amide bonds. The van der Waals surface area contributed by atoms with Crippen LogP contribution in [-0.2, 0) is 9.53 Å². The quantitative estimate of drug-likeness (QED) is 0.276. The minimum absolute atomic E-state index is 0.122. The van der Waals surface area contributed by atoms with Crippen molar-refractivity contribution in [3.05, 3.63) is 0 Å². The monoisotopic (exact) mass is 340 g/mol. The van der Waals surface area contributed by atoms with E-state index in [0.29, 0.717) is 6.42 Å². The third-order valence-corrected chi connectivity index (χ3v) is 4.62. The van der Waals surface area contributed by atoms with Crippen molar-refractivity contribution in [1.82, 2.24) is 15.5 Å². The van der Waals surface area contributed by atoms with Gasteiger partial charge in [-0.05, 0) is 57.7 Å². The van der Waals surface area contributed by atoms with Crippen molar-refractivity contribution in [3.63, 3.8) is 0 Å². The molecule has 0 aromatic heterocycles. The summed E-state index contributed by atoms with van der Waals surface area (Å²) in [6.07, 6.45) is 7.27. The zero-order valence-electron chi connectivity index (χ0n) is 15.8. The summed E-state index contributed by atoms with van der Waals surface area (Å²) in [5.41, 5.74) is 0. The van der Waals surface area contributed by atoms with E-state index in [2.05, 4.69) is 32.2 Å². The van der Waals surface area contributed by atoms with Crippen molar-refractivity contribution in [2.45, 2.75) is 51.9 Å². The second-order valence-corrected chi connectivity index (χ2v) is 6.69. The molecule has 6 heteroatoms. The van der Waals surface area contributed by atoms with E-state index in [0.717, 1.165) is 50.7 Å². The number of nitrogens with one attached hydrogen (secondary N) is 2. The highest BCUT2D eigenvalue weighted by Gasteiger charge is 2.14. The van der Waals surface area contributed by atoms with Gasteiger partial charge >= 0.3 is 5.97 Å². The molecule has 140 valence electrons. The number of nitrogens with zero attached hydrogens (tertiary/aromatic N) is 2. The van der Waals surface area contributed by atoms with Crippen LogP contribution in [0.4, 0.5) is 0 Å². The summed E-state index contributed by atoms with van der Waals surface area (Å²) < 4.78 is 4.63. The van der Waals surface area contributed by atoms with E-state index in [-0.39, 0.29) is 5.97 Å². The van der Waals surface area contributed by atoms with E-state index in [1.807, 2.05) is 0 Å². The second-order valence-electron chi connectivity index (χ2n) is 6.69. The number of guanidine groups is 1. The first-order valence-electron chi connectivity index (χ1n) is 9.39. The van der Waals surface area contributed by atoms with E-state index in [9.17, 15) is 4.79 Å². The topological polar surface area (TPSA) is 66.0 Å². The van der Waals surface area contributed by atoms with Crippen LogP contribution < -0.4 is 10.6 Å². The summed E-state index contributed by atoms with van der Waals surface area (Å²) in [7, 11) is 3.24. The van der Waals surface area contributed by atoms with Crippen LogP contribution in [0.3, 0.4) is 0 Å². The number of carbonyl (C=O) groups excluding carboxylic acids is 1. The number of hydrogen-bond acceptors (Lipinski definition) is 4. The van der Waals surface area contributed by atoms with Crippen LogP contribution in [0, 0.1) is 5.92 Å². The van der Waals surface area contributed by atoms with Crippen molar-refractivity contribution in [3.8, 4) is 0 Å². The molecule has 0 bridgehead atoms. The molecule has 0 spiro atoms. The Bertz CT molecular complexity index is 366. The maximum atomic E-state index is 11.0. The number of unbranched alkanes of at least 4 members (excludes halogenated alkanes) is 2. The molecule has 0 unspecified atom stereocenters. The number of methoxy groups -OCH3 is 1. The summed E-state index contributed by atoms with van der Waals surface area (Å²) in [5.74, 6) is 1.65. The van der Waals surface area contributed by atoms with Gasteiger partial charge in [0, 0.05) is 26.6 Å². The highest BCUT2D eigenvalue weighted by Crippen LogP contribution is 2.15. The molecular formula is C18H36N4O2. The fraction of sp³-hybridized carbons (Fsp3) is 0.889. The van der Waals surface area contributed by atoms with Crippen molar-refractivity contribution in [2.24, 2.45) is 10.9 Å². The predicted molar refractivity (Wildman–Crippen MR) is 99.3 cm³/mol. The first kappa shape index (κ1) is 20.7. The maximum Gasteiger partial charge on any atom is 0.305 e. The van der Waals surface area contributed by atoms with Gasteiger partial charge in [-0.3, -0.25) is 9.79 Å². The van der Waals surface area contributed by atoms with Gasteiger partial charge in [0.1, 0.15) is 0 Å². The van der Waals surface area contributed by atoms with Crippen LogP contribution in [0.5, 0.6) is 0 Å². The molecule has 6 nitrogen and oxygen atoms in total. The van der Waals surface area contributed by atoms with E-state index >= 15 is 0 Å². The standard InChI is InChI=1S/C18H36N4O2/c1-16-9-14-22(15-10-16)13-7-12-21-18(19-2)20-11-6-4-5-8-17(23)24-3/h16H,4-15H2,1-3H3,(H2,19,20,21). The van der Waals surface area contributed by atoms with E-state index in [1.54, 1.807) is 7.05 Å². The van der Waals surface area contributed by atoms with Gasteiger partial charge in [-0.15, -0.1) is 0 Å². The molecule has 0 saturated carbocycles. The number of carbonyl (C=O) groups is 1. The molecule has 1 rings (SSSR count). The molecule has 0 aliphatic carbocycles. The normalized spacial score (nSPS) is 16.9. The Labute approximate surface area is 147 Å². The SMILES string of the molecule is CN=C(NCCCCCC(=O)OC)NCCCN1CCC(C)CC1. The van der Waals surface area contributed by atoms with Gasteiger partial charge in [0.2, 0.25) is 0 Å². The minimum Gasteiger partial charge on any atom is -0.469 e. The molecule has 2 N–H and O–H groups in total. The van der Waals surface area contributed by atoms with Gasteiger partial charge in [0.25, 0.3) is 0 Å². The van der Waals surface area contributed by atoms with Crippen LogP contribution in [0.2, 0.25) is 0 Å². The molecule has 1 fully saturated rings. The lowest BCUT2D eigenvalue weighted by Crippen LogP contribution is -2.40. The van der Waals surface area contributed by atoms with Crippen molar-refractivity contribution >= 4 is 11.9 Å². The van der Waals surface area contributed by atoms with Gasteiger partial charge in [-0.25, -0.2) is 0 Å². The number of rotatable bonds is 10. The number of hydrogen-bond donors (Lipinski definition) is 2. The predicted octanol–water partition coefficient (Wildman–Crippen LogP) is 2.01. The molecule has 0 aromatic rings. The molecule has 24 heavy (non-hydrogen) atoms. The van der Waals surface area contributed by atoms with Gasteiger partial charge in [0.05, 0.1) is 7.11 Å². The average molecular weight is 341 g/mol. The number of ether oxygens (including phenoxy) is 1. The highest BCUT2D eigenvalue weighted by atomic mass is 16.5. The lowest BCUT2D eigenvalue weighted by molar-refractivity contribution is -0.140. The molecule has 1 saturated heterocycles. The van der Waals surface area contributed by atoms with Gasteiger partial charge < -0.3 is 20.3 Å². The van der Waals surface area contributed by atoms with Crippen LogP contribution >= 0.6 is 0 Å². The Kier molecular flexibility index (Phi) is 11.3. The second kappa shape index (κ2) is 13.0. The van der Waals surface area contributed by atoms with Gasteiger partial charge in [0.15, 0.2) is 5.96 Å². The summed E-state index contributed by atoms with van der Waals surface area (Å²) in [4.78, 5) is 17.8. The van der Waals surface area contributed by atoms with Crippen molar-refractivity contribution < 1.29 is 9.53 Å². The molecular weight excluding hydrogens is 304 g/mol. The molecule has 0 aromatic carbocycles. The fourth-order valence-corrected chi connectivity index (χ4v) is 2.90. The maximum absolute atomic E-state index is 11.0. The third-order valence-electron chi connectivity index (χ3n) is 4.62. The smallest absolute Gasteiger partial charge is 0.305 e. The number of aliphatic imine (C=N–C) groups is 1. The van der Waals surface area contributed by atoms with Crippen molar-refractivity contribution in [2.75, 3.05) is 46.9 Å². The largest absolute Gasteiger partial charge is 0.469 e. The van der Waals surface area contributed by atoms with E-state index < -0.39 is 0 Å².